The molecule has 0 radical (unpaired) electrons. The summed E-state index contributed by atoms with van der Waals surface area (Å²) in [5.74, 6) is 0.259. The molecule has 14 heavy (non-hydrogen) atoms. The van der Waals surface area contributed by atoms with Gasteiger partial charge in [0.1, 0.15) is 0 Å². The second-order valence-electron chi connectivity index (χ2n) is 3.65. The van der Waals surface area contributed by atoms with Crippen molar-refractivity contribution in [1.29, 1.82) is 0 Å². The number of Topliss-reactive ketones (excluding diaryl/α,β-unsaturated/α-hetero) is 1. The van der Waals surface area contributed by atoms with E-state index in [1.807, 2.05) is 36.9 Å². The van der Waals surface area contributed by atoms with Gasteiger partial charge in [0.05, 0.1) is 6.61 Å². The zero-order valence-corrected chi connectivity index (χ0v) is 8.99. The molecule has 0 saturated carbocycles. The van der Waals surface area contributed by atoms with E-state index in [-0.39, 0.29) is 11.7 Å². The van der Waals surface area contributed by atoms with Gasteiger partial charge in [-0.25, -0.2) is 0 Å². The molecular formula is C11H17NO2. The lowest BCUT2D eigenvalue weighted by Gasteiger charge is -2.01. The molecule has 0 bridgehead atoms. The van der Waals surface area contributed by atoms with Crippen molar-refractivity contribution in [3.05, 3.63) is 24.0 Å². The third kappa shape index (κ3) is 2.70. The van der Waals surface area contributed by atoms with Gasteiger partial charge in [-0.05, 0) is 6.07 Å². The van der Waals surface area contributed by atoms with Crippen LogP contribution in [-0.4, -0.2) is 24.1 Å². The second-order valence-corrected chi connectivity index (χ2v) is 3.65. The average Bonchev–Trinajstić information content (AvgIpc) is 2.61. The molecule has 0 aromatic carbocycles. The smallest absolute Gasteiger partial charge is 0.166 e. The van der Waals surface area contributed by atoms with E-state index >= 15 is 0 Å². The fraction of sp³-hybridized carbons (Fsp3) is 0.545. The van der Waals surface area contributed by atoms with Crippen LogP contribution >= 0.6 is 0 Å². The lowest BCUT2D eigenvalue weighted by molar-refractivity contribution is 0.0939. The molecule has 1 rings (SSSR count). The number of carbonyl (C=O) groups excluding carboxylic acids is 1. The van der Waals surface area contributed by atoms with E-state index in [2.05, 4.69) is 0 Å². The maximum absolute atomic E-state index is 11.6. The molecular weight excluding hydrogens is 178 g/mol. The molecule has 0 aliphatic rings. The van der Waals surface area contributed by atoms with E-state index in [4.69, 9.17) is 4.74 Å². The zero-order chi connectivity index (χ0) is 10.6. The molecule has 1 aromatic heterocycles. The van der Waals surface area contributed by atoms with Crippen LogP contribution in [0.1, 0.15) is 24.2 Å². The second kappa shape index (κ2) is 4.96. The van der Waals surface area contributed by atoms with Gasteiger partial charge in [-0.15, -0.1) is 0 Å². The number of aromatic nitrogens is 1. The summed E-state index contributed by atoms with van der Waals surface area (Å²) in [6.45, 7) is 5.29. The number of rotatable bonds is 5. The summed E-state index contributed by atoms with van der Waals surface area (Å²) in [7, 11) is 1.67. The van der Waals surface area contributed by atoms with Crippen molar-refractivity contribution in [2.24, 2.45) is 5.92 Å². The Morgan fingerprint density at radius 1 is 1.57 bits per heavy atom. The summed E-state index contributed by atoms with van der Waals surface area (Å²) in [5.41, 5.74) is 0.788. The molecule has 0 spiro atoms. The van der Waals surface area contributed by atoms with Gasteiger partial charge < -0.3 is 9.30 Å². The molecule has 0 unspecified atom stereocenters. The molecule has 0 saturated heterocycles. The maximum Gasteiger partial charge on any atom is 0.166 e. The summed E-state index contributed by atoms with van der Waals surface area (Å²) in [6.07, 6.45) is 3.79. The van der Waals surface area contributed by atoms with Gasteiger partial charge in [-0.2, -0.15) is 0 Å². The third-order valence-corrected chi connectivity index (χ3v) is 2.11. The summed E-state index contributed by atoms with van der Waals surface area (Å²) < 4.78 is 6.93. The van der Waals surface area contributed by atoms with Gasteiger partial charge in [-0.1, -0.05) is 13.8 Å². The molecule has 0 fully saturated rings. The highest BCUT2D eigenvalue weighted by Gasteiger charge is 2.10. The number of ketones is 1. The molecule has 78 valence electrons. The van der Waals surface area contributed by atoms with Crippen molar-refractivity contribution in [2.45, 2.75) is 20.4 Å². The molecule has 3 heteroatoms. The predicted molar refractivity (Wildman–Crippen MR) is 55.5 cm³/mol. The van der Waals surface area contributed by atoms with Crippen LogP contribution in [0.2, 0.25) is 0 Å². The molecule has 3 nitrogen and oxygen atoms in total. The Bertz CT molecular complexity index is 302. The minimum Gasteiger partial charge on any atom is -0.383 e. The highest BCUT2D eigenvalue weighted by atomic mass is 16.5. The van der Waals surface area contributed by atoms with Crippen molar-refractivity contribution in [2.75, 3.05) is 13.7 Å². The molecule has 1 aromatic rings. The minimum absolute atomic E-state index is 0.0632. The van der Waals surface area contributed by atoms with Crippen molar-refractivity contribution < 1.29 is 9.53 Å². The Morgan fingerprint density at radius 2 is 2.29 bits per heavy atom. The van der Waals surface area contributed by atoms with Crippen molar-refractivity contribution in [3.8, 4) is 0 Å². The van der Waals surface area contributed by atoms with Crippen LogP contribution in [0.15, 0.2) is 18.5 Å². The van der Waals surface area contributed by atoms with Gasteiger partial charge in [0.2, 0.25) is 0 Å². The van der Waals surface area contributed by atoms with Gasteiger partial charge in [0.15, 0.2) is 5.78 Å². The van der Waals surface area contributed by atoms with Crippen molar-refractivity contribution in [3.63, 3.8) is 0 Å². The lowest BCUT2D eigenvalue weighted by Crippen LogP contribution is -2.07. The Hall–Kier alpha value is -1.09. The number of nitrogens with zero attached hydrogens (tertiary/aromatic N) is 1. The van der Waals surface area contributed by atoms with Crippen LogP contribution in [0.3, 0.4) is 0 Å². The fourth-order valence-corrected chi connectivity index (χ4v) is 1.26. The Morgan fingerprint density at radius 3 is 2.86 bits per heavy atom. The standard InChI is InChI=1S/C11H17NO2/c1-9(2)11(13)10-4-5-12(8-10)6-7-14-3/h4-5,8-9H,6-7H2,1-3H3. The number of ether oxygens (including phenoxy) is 1. The van der Waals surface area contributed by atoms with Crippen LogP contribution in [0.25, 0.3) is 0 Å². The van der Waals surface area contributed by atoms with Crippen LogP contribution in [0.5, 0.6) is 0 Å². The molecule has 0 aliphatic carbocycles. The van der Waals surface area contributed by atoms with Crippen LogP contribution in [-0.2, 0) is 11.3 Å². The van der Waals surface area contributed by atoms with Crippen LogP contribution in [0, 0.1) is 5.92 Å². The average molecular weight is 195 g/mol. The first-order valence-corrected chi connectivity index (χ1v) is 4.84. The first-order chi connectivity index (χ1) is 6.65. The van der Waals surface area contributed by atoms with Gasteiger partial charge in [0, 0.05) is 37.5 Å². The van der Waals surface area contributed by atoms with E-state index in [1.165, 1.54) is 0 Å². The highest BCUT2D eigenvalue weighted by Crippen LogP contribution is 2.08. The largest absolute Gasteiger partial charge is 0.383 e. The first-order valence-electron chi connectivity index (χ1n) is 4.84. The van der Waals surface area contributed by atoms with Crippen LogP contribution < -0.4 is 0 Å². The van der Waals surface area contributed by atoms with E-state index in [0.717, 1.165) is 12.1 Å². The number of hydrogen-bond donors (Lipinski definition) is 0. The number of methoxy groups -OCH3 is 1. The summed E-state index contributed by atoms with van der Waals surface area (Å²) in [4.78, 5) is 11.6. The van der Waals surface area contributed by atoms with E-state index < -0.39 is 0 Å². The quantitative estimate of drug-likeness (QED) is 0.673. The molecule has 0 N–H and O–H groups in total. The number of carbonyl (C=O) groups is 1. The van der Waals surface area contributed by atoms with Crippen molar-refractivity contribution in [1.82, 2.24) is 4.57 Å². The van der Waals surface area contributed by atoms with E-state index in [9.17, 15) is 4.79 Å². The predicted octanol–water partition coefficient (Wildman–Crippen LogP) is 1.97. The minimum atomic E-state index is 0.0632. The number of hydrogen-bond acceptors (Lipinski definition) is 2. The lowest BCUT2D eigenvalue weighted by atomic mass is 10.0. The van der Waals surface area contributed by atoms with Gasteiger partial charge in [-0.3, -0.25) is 4.79 Å². The molecule has 0 aliphatic heterocycles. The van der Waals surface area contributed by atoms with Gasteiger partial charge >= 0.3 is 0 Å². The summed E-state index contributed by atoms with van der Waals surface area (Å²) in [5, 5.41) is 0. The zero-order valence-electron chi connectivity index (χ0n) is 8.99. The van der Waals surface area contributed by atoms with E-state index in [0.29, 0.717) is 6.61 Å². The SMILES string of the molecule is COCCn1ccc(C(=O)C(C)C)c1. The normalized spacial score (nSPS) is 10.9. The Labute approximate surface area is 84.7 Å². The Balaban J connectivity index is 2.63. The topological polar surface area (TPSA) is 31.2 Å². The molecule has 0 amide bonds. The van der Waals surface area contributed by atoms with Gasteiger partial charge in [0.25, 0.3) is 0 Å². The highest BCUT2D eigenvalue weighted by molar-refractivity contribution is 5.97. The van der Waals surface area contributed by atoms with Crippen molar-refractivity contribution >= 4 is 5.78 Å². The summed E-state index contributed by atoms with van der Waals surface area (Å²) >= 11 is 0. The fourth-order valence-electron chi connectivity index (χ4n) is 1.26. The third-order valence-electron chi connectivity index (χ3n) is 2.11. The van der Waals surface area contributed by atoms with Crippen LogP contribution in [0.4, 0.5) is 0 Å². The molecule has 0 atom stereocenters. The van der Waals surface area contributed by atoms with E-state index in [1.54, 1.807) is 7.11 Å². The molecule has 1 heterocycles. The maximum atomic E-state index is 11.6. The first kappa shape index (κ1) is 11.0. The monoisotopic (exact) mass is 195 g/mol. The summed E-state index contributed by atoms with van der Waals surface area (Å²) in [6, 6.07) is 1.86. The Kier molecular flexibility index (Phi) is 3.89.